The molecule has 1 fully saturated rings. The Morgan fingerprint density at radius 1 is 1.45 bits per heavy atom. The average molecular weight is 328 g/mol. The number of nitrogens with zero attached hydrogens (tertiary/aromatic N) is 1. The van der Waals surface area contributed by atoms with Crippen molar-refractivity contribution in [2.75, 3.05) is 0 Å². The van der Waals surface area contributed by atoms with Gasteiger partial charge in [0.15, 0.2) is 0 Å². The lowest BCUT2D eigenvalue weighted by molar-refractivity contribution is -0.195. The number of halogens is 4. The Balaban J connectivity index is 0.00000200. The topological polar surface area (TPSA) is 50.2 Å². The van der Waals surface area contributed by atoms with Crippen LogP contribution >= 0.6 is 25.1 Å². The zero-order valence-electron chi connectivity index (χ0n) is 10.2. The van der Waals surface area contributed by atoms with Crippen LogP contribution in [0.3, 0.4) is 0 Å². The van der Waals surface area contributed by atoms with Crippen molar-refractivity contribution in [3.05, 3.63) is 29.0 Å². The summed E-state index contributed by atoms with van der Waals surface area (Å²) in [7, 11) is 0. The molecule has 1 aromatic rings. The van der Waals surface area contributed by atoms with E-state index in [-0.39, 0.29) is 32.0 Å². The van der Waals surface area contributed by atoms with Gasteiger partial charge in [-0.1, -0.05) is 11.6 Å². The summed E-state index contributed by atoms with van der Waals surface area (Å²) >= 11 is 5.64. The van der Waals surface area contributed by atoms with Crippen LogP contribution in [0.15, 0.2) is 18.3 Å². The van der Waals surface area contributed by atoms with E-state index in [4.69, 9.17) is 16.7 Å². The molecule has 0 unspecified atom stereocenters. The summed E-state index contributed by atoms with van der Waals surface area (Å²) in [6.45, 7) is 0. The van der Waals surface area contributed by atoms with E-state index in [0.717, 1.165) is 0 Å². The van der Waals surface area contributed by atoms with Crippen molar-refractivity contribution >= 4 is 31.1 Å². The number of aliphatic carboxylic acids is 1. The van der Waals surface area contributed by atoms with Crippen molar-refractivity contribution in [1.82, 2.24) is 4.98 Å². The molecule has 1 atom stereocenters. The highest BCUT2D eigenvalue weighted by atomic mass is 35.5. The first-order chi connectivity index (χ1) is 8.76. The third-order valence-electron chi connectivity index (χ3n) is 3.51. The van der Waals surface area contributed by atoms with Crippen LogP contribution in [0.25, 0.3) is 0 Å². The quantitative estimate of drug-likeness (QED) is 0.916. The van der Waals surface area contributed by atoms with E-state index in [2.05, 4.69) is 4.98 Å². The van der Waals surface area contributed by atoms with E-state index >= 15 is 0 Å². The fourth-order valence-corrected chi connectivity index (χ4v) is 2.43. The summed E-state index contributed by atoms with van der Waals surface area (Å²) in [6, 6.07) is 2.78. The normalized spacial score (nSPS) is 18.0. The Bertz CT molecular complexity index is 488. The summed E-state index contributed by atoms with van der Waals surface area (Å²) in [4.78, 5) is 14.7. The summed E-state index contributed by atoms with van der Waals surface area (Å²) in [5.74, 6) is -2.43. The largest absolute Gasteiger partial charge is 0.481 e. The molecule has 0 spiro atoms. The first-order valence-corrected chi connectivity index (χ1v) is 6.04. The molecule has 8 heteroatoms. The van der Waals surface area contributed by atoms with E-state index in [1.165, 1.54) is 18.3 Å². The number of alkyl halides is 3. The van der Waals surface area contributed by atoms with E-state index in [1.54, 1.807) is 0 Å². The maximum atomic E-state index is 13.1. The smallest absolute Gasteiger partial charge is 0.395 e. The van der Waals surface area contributed by atoms with Crippen LogP contribution in [0.5, 0.6) is 0 Å². The van der Waals surface area contributed by atoms with Gasteiger partial charge in [0.25, 0.3) is 0 Å². The molecule has 1 aliphatic carbocycles. The van der Waals surface area contributed by atoms with Gasteiger partial charge < -0.3 is 5.11 Å². The molecule has 2 rings (SSSR count). The van der Waals surface area contributed by atoms with Crippen LogP contribution in [0.2, 0.25) is 5.02 Å². The molecule has 0 bridgehead atoms. The third kappa shape index (κ3) is 3.20. The van der Waals surface area contributed by atoms with Crippen molar-refractivity contribution in [1.29, 1.82) is 0 Å². The van der Waals surface area contributed by atoms with Crippen molar-refractivity contribution in [3.63, 3.8) is 0 Å². The number of carboxylic acid groups (broad SMARTS) is 1. The van der Waals surface area contributed by atoms with E-state index < -0.39 is 29.9 Å². The summed E-state index contributed by atoms with van der Waals surface area (Å²) in [6.07, 6.45) is -3.89. The van der Waals surface area contributed by atoms with Gasteiger partial charge in [-0.25, -0.2) is 0 Å². The standard InChI is InChI=1S/C12H11ClF3NO2.H2S/c13-7-1-2-9(17-6-7)8(5-10(18)19)11(3-4-11)12(14,15)16;/h1-2,6,8H,3-5H2,(H,18,19);1H2/t8-;/m1./s1. The lowest BCUT2D eigenvalue weighted by Gasteiger charge is -2.27. The minimum atomic E-state index is -4.42. The molecular weight excluding hydrogens is 315 g/mol. The summed E-state index contributed by atoms with van der Waals surface area (Å²) in [5, 5.41) is 9.14. The highest BCUT2D eigenvalue weighted by molar-refractivity contribution is 7.59. The van der Waals surface area contributed by atoms with Crippen molar-refractivity contribution < 1.29 is 23.1 Å². The Morgan fingerprint density at radius 3 is 2.40 bits per heavy atom. The molecule has 0 aromatic carbocycles. The predicted molar refractivity (Wildman–Crippen MR) is 72.3 cm³/mol. The van der Waals surface area contributed by atoms with Crippen LogP contribution < -0.4 is 0 Å². The summed E-state index contributed by atoms with van der Waals surface area (Å²) in [5.41, 5.74) is -1.83. The SMILES string of the molecule is O=C(O)C[C@H](c1ccc(Cl)cn1)C1(C(F)(F)F)CC1.S. The average Bonchev–Trinajstić information content (AvgIpc) is 3.07. The van der Waals surface area contributed by atoms with Gasteiger partial charge in [0.2, 0.25) is 0 Å². The molecule has 112 valence electrons. The van der Waals surface area contributed by atoms with Gasteiger partial charge in [-0.2, -0.15) is 26.7 Å². The molecule has 0 saturated heterocycles. The zero-order chi connectivity index (χ0) is 14.3. The Labute approximate surface area is 125 Å². The number of hydrogen-bond donors (Lipinski definition) is 1. The van der Waals surface area contributed by atoms with Gasteiger partial charge >= 0.3 is 12.1 Å². The third-order valence-corrected chi connectivity index (χ3v) is 3.73. The van der Waals surface area contributed by atoms with Crippen molar-refractivity contribution in [2.24, 2.45) is 5.41 Å². The lowest BCUT2D eigenvalue weighted by atomic mass is 9.82. The Kier molecular flexibility index (Phi) is 4.97. The van der Waals surface area contributed by atoms with Crippen molar-refractivity contribution in [3.8, 4) is 0 Å². The monoisotopic (exact) mass is 327 g/mol. The highest BCUT2D eigenvalue weighted by Crippen LogP contribution is 2.65. The van der Waals surface area contributed by atoms with Crippen LogP contribution in [-0.4, -0.2) is 22.2 Å². The molecule has 1 saturated carbocycles. The fraction of sp³-hybridized carbons (Fsp3) is 0.500. The molecular formula is C12H13ClF3NO2S. The number of pyridine rings is 1. The fourth-order valence-electron chi connectivity index (χ4n) is 2.32. The second-order valence-corrected chi connectivity index (χ2v) is 5.14. The highest BCUT2D eigenvalue weighted by Gasteiger charge is 2.67. The number of rotatable bonds is 4. The van der Waals surface area contributed by atoms with E-state index in [9.17, 15) is 18.0 Å². The first-order valence-electron chi connectivity index (χ1n) is 5.66. The molecule has 0 aliphatic heterocycles. The van der Waals surface area contributed by atoms with E-state index in [0.29, 0.717) is 5.02 Å². The molecule has 0 amide bonds. The minimum absolute atomic E-state index is 0. The zero-order valence-corrected chi connectivity index (χ0v) is 12.0. The van der Waals surface area contributed by atoms with Crippen molar-refractivity contribution in [2.45, 2.75) is 31.4 Å². The second-order valence-electron chi connectivity index (χ2n) is 4.71. The molecule has 0 radical (unpaired) electrons. The molecule has 20 heavy (non-hydrogen) atoms. The van der Waals surface area contributed by atoms with Gasteiger partial charge in [0.05, 0.1) is 16.9 Å². The van der Waals surface area contributed by atoms with Gasteiger partial charge in [-0.3, -0.25) is 9.78 Å². The van der Waals surface area contributed by atoms with Crippen LogP contribution in [-0.2, 0) is 4.79 Å². The number of aromatic nitrogens is 1. The number of carbonyl (C=O) groups is 1. The maximum absolute atomic E-state index is 13.1. The number of hydrogen-bond acceptors (Lipinski definition) is 2. The number of carboxylic acids is 1. The van der Waals surface area contributed by atoms with Crippen LogP contribution in [0.1, 0.15) is 30.9 Å². The maximum Gasteiger partial charge on any atom is 0.395 e. The molecule has 1 heterocycles. The minimum Gasteiger partial charge on any atom is -0.481 e. The van der Waals surface area contributed by atoms with E-state index in [1.807, 2.05) is 0 Å². The molecule has 1 aliphatic rings. The predicted octanol–water partition coefficient (Wildman–Crippen LogP) is 3.75. The molecule has 3 nitrogen and oxygen atoms in total. The van der Waals surface area contributed by atoms with Crippen LogP contribution in [0.4, 0.5) is 13.2 Å². The van der Waals surface area contributed by atoms with Gasteiger partial charge in [0, 0.05) is 17.8 Å². The molecule has 1 N–H and O–H groups in total. The molecule has 1 aromatic heterocycles. The lowest BCUT2D eigenvalue weighted by Crippen LogP contribution is -2.32. The van der Waals surface area contributed by atoms with Gasteiger partial charge in [-0.05, 0) is 25.0 Å². The van der Waals surface area contributed by atoms with Gasteiger partial charge in [0.1, 0.15) is 0 Å². The Morgan fingerprint density at radius 2 is 2.05 bits per heavy atom. The van der Waals surface area contributed by atoms with Crippen LogP contribution in [0, 0.1) is 5.41 Å². The Hall–Kier alpha value is -0.950. The van der Waals surface area contributed by atoms with Gasteiger partial charge in [-0.15, -0.1) is 0 Å². The summed E-state index contributed by atoms with van der Waals surface area (Å²) < 4.78 is 39.3. The first kappa shape index (κ1) is 17.1. The second kappa shape index (κ2) is 5.81.